The van der Waals surface area contributed by atoms with Crippen molar-refractivity contribution in [3.8, 4) is 0 Å². The molecule has 1 aliphatic rings. The number of rotatable bonds is 3. The van der Waals surface area contributed by atoms with Crippen molar-refractivity contribution < 1.29 is 4.39 Å². The molecule has 0 aliphatic heterocycles. The minimum Gasteiger partial charge on any atom is -0.317 e. The quantitative estimate of drug-likeness (QED) is 0.820. The van der Waals surface area contributed by atoms with Crippen molar-refractivity contribution >= 4 is 15.9 Å². The lowest BCUT2D eigenvalue weighted by molar-refractivity contribution is 0.349. The van der Waals surface area contributed by atoms with Gasteiger partial charge in [0.2, 0.25) is 0 Å². The van der Waals surface area contributed by atoms with Crippen molar-refractivity contribution in [1.29, 1.82) is 0 Å². The predicted octanol–water partition coefficient (Wildman–Crippen LogP) is 4.30. The van der Waals surface area contributed by atoms with Crippen LogP contribution < -0.4 is 5.32 Å². The van der Waals surface area contributed by atoms with E-state index in [1.807, 2.05) is 13.1 Å². The van der Waals surface area contributed by atoms with Crippen LogP contribution in [0, 0.1) is 11.7 Å². The summed E-state index contributed by atoms with van der Waals surface area (Å²) >= 11 is 3.53. The van der Waals surface area contributed by atoms with Gasteiger partial charge in [-0.15, -0.1) is 0 Å². The molecule has 0 heterocycles. The zero-order valence-electron chi connectivity index (χ0n) is 10.9. The van der Waals surface area contributed by atoms with Crippen LogP contribution in [0.5, 0.6) is 0 Å². The van der Waals surface area contributed by atoms with Gasteiger partial charge in [-0.2, -0.15) is 0 Å². The third-order valence-electron chi connectivity index (χ3n) is 4.02. The molecule has 1 aromatic rings. The minimum atomic E-state index is -0.136. The molecular formula is C15H21BrFN. The maximum Gasteiger partial charge on any atom is 0.123 e. The molecule has 0 radical (unpaired) electrons. The third-order valence-corrected chi connectivity index (χ3v) is 4.79. The van der Waals surface area contributed by atoms with Crippen molar-refractivity contribution in [3.05, 3.63) is 34.1 Å². The maximum atomic E-state index is 13.3. The van der Waals surface area contributed by atoms with Gasteiger partial charge in [-0.25, -0.2) is 4.39 Å². The van der Waals surface area contributed by atoms with Crippen molar-refractivity contribution in [1.82, 2.24) is 5.32 Å². The first-order valence-corrected chi connectivity index (χ1v) is 7.61. The Kier molecular flexibility index (Phi) is 5.19. The Morgan fingerprint density at radius 3 is 2.83 bits per heavy atom. The van der Waals surface area contributed by atoms with E-state index in [-0.39, 0.29) is 5.82 Å². The lowest BCUT2D eigenvalue weighted by Crippen LogP contribution is -2.33. The molecule has 2 atom stereocenters. The first kappa shape index (κ1) is 14.0. The van der Waals surface area contributed by atoms with Gasteiger partial charge in [0.1, 0.15) is 5.82 Å². The minimum absolute atomic E-state index is 0.136. The summed E-state index contributed by atoms with van der Waals surface area (Å²) in [6.45, 7) is 0. The zero-order chi connectivity index (χ0) is 13.0. The van der Waals surface area contributed by atoms with Crippen LogP contribution in [0.15, 0.2) is 22.7 Å². The van der Waals surface area contributed by atoms with Crippen LogP contribution in [-0.4, -0.2) is 13.1 Å². The summed E-state index contributed by atoms with van der Waals surface area (Å²) in [5, 5.41) is 3.44. The normalized spacial score (nSPS) is 24.8. The summed E-state index contributed by atoms with van der Waals surface area (Å²) in [6, 6.07) is 5.57. The Morgan fingerprint density at radius 2 is 2.06 bits per heavy atom. The highest BCUT2D eigenvalue weighted by Gasteiger charge is 2.23. The van der Waals surface area contributed by atoms with Crippen molar-refractivity contribution in [2.45, 2.75) is 44.6 Å². The lowest BCUT2D eigenvalue weighted by atomic mass is 9.88. The van der Waals surface area contributed by atoms with Crippen molar-refractivity contribution in [3.63, 3.8) is 0 Å². The summed E-state index contributed by atoms with van der Waals surface area (Å²) in [5.41, 5.74) is 1.10. The molecule has 1 nitrogen and oxygen atoms in total. The van der Waals surface area contributed by atoms with E-state index in [1.54, 1.807) is 6.07 Å². The number of benzene rings is 1. The molecule has 0 spiro atoms. The van der Waals surface area contributed by atoms with Crippen LogP contribution in [0.4, 0.5) is 4.39 Å². The standard InChI is InChI=1S/C15H21BrFN/c1-18-15-6-4-2-3-5-11(15)9-12-10-13(17)7-8-14(12)16/h7-8,10-11,15,18H,2-6,9H2,1H3. The molecular weight excluding hydrogens is 293 g/mol. The van der Waals surface area contributed by atoms with E-state index >= 15 is 0 Å². The highest BCUT2D eigenvalue weighted by atomic mass is 79.9. The van der Waals surface area contributed by atoms with E-state index < -0.39 is 0 Å². The number of nitrogens with one attached hydrogen (secondary N) is 1. The van der Waals surface area contributed by atoms with Gasteiger partial charge in [0.05, 0.1) is 0 Å². The summed E-state index contributed by atoms with van der Waals surface area (Å²) in [4.78, 5) is 0. The molecule has 100 valence electrons. The van der Waals surface area contributed by atoms with Crippen LogP contribution >= 0.6 is 15.9 Å². The average Bonchev–Trinajstić information content (AvgIpc) is 2.59. The van der Waals surface area contributed by atoms with Crippen LogP contribution in [-0.2, 0) is 6.42 Å². The van der Waals surface area contributed by atoms with Crippen LogP contribution in [0.2, 0.25) is 0 Å². The van der Waals surface area contributed by atoms with Crippen LogP contribution in [0.1, 0.15) is 37.7 Å². The predicted molar refractivity (Wildman–Crippen MR) is 77.2 cm³/mol. The molecule has 2 unspecified atom stereocenters. The molecule has 0 amide bonds. The first-order chi connectivity index (χ1) is 8.70. The molecule has 3 heteroatoms. The fraction of sp³-hybridized carbons (Fsp3) is 0.600. The monoisotopic (exact) mass is 313 g/mol. The average molecular weight is 314 g/mol. The smallest absolute Gasteiger partial charge is 0.123 e. The van der Waals surface area contributed by atoms with Gasteiger partial charge in [0.15, 0.2) is 0 Å². The molecule has 0 bridgehead atoms. The highest BCUT2D eigenvalue weighted by molar-refractivity contribution is 9.10. The lowest BCUT2D eigenvalue weighted by Gasteiger charge is -2.25. The molecule has 1 aliphatic carbocycles. The van der Waals surface area contributed by atoms with E-state index in [0.29, 0.717) is 12.0 Å². The van der Waals surface area contributed by atoms with Gasteiger partial charge in [-0.1, -0.05) is 35.2 Å². The molecule has 2 rings (SSSR count). The SMILES string of the molecule is CNC1CCCCCC1Cc1cc(F)ccc1Br. The van der Waals surface area contributed by atoms with Gasteiger partial charge >= 0.3 is 0 Å². The molecule has 0 aromatic heterocycles. The summed E-state index contributed by atoms with van der Waals surface area (Å²) in [6.07, 6.45) is 7.40. The second-order valence-electron chi connectivity index (χ2n) is 5.23. The first-order valence-electron chi connectivity index (χ1n) is 6.82. The van der Waals surface area contributed by atoms with E-state index in [4.69, 9.17) is 0 Å². The van der Waals surface area contributed by atoms with E-state index in [1.165, 1.54) is 38.2 Å². The Balaban J connectivity index is 2.12. The number of halogens is 2. The van der Waals surface area contributed by atoms with Gasteiger partial charge in [0, 0.05) is 10.5 Å². The summed E-state index contributed by atoms with van der Waals surface area (Å²) in [5.74, 6) is 0.485. The van der Waals surface area contributed by atoms with Gasteiger partial charge < -0.3 is 5.32 Å². The van der Waals surface area contributed by atoms with E-state index in [2.05, 4.69) is 21.2 Å². The Labute approximate surface area is 117 Å². The third kappa shape index (κ3) is 3.55. The van der Waals surface area contributed by atoms with Crippen molar-refractivity contribution in [2.24, 2.45) is 5.92 Å². The Bertz CT molecular complexity index is 394. The second-order valence-corrected chi connectivity index (χ2v) is 6.09. The fourth-order valence-electron chi connectivity index (χ4n) is 2.99. The molecule has 1 fully saturated rings. The number of hydrogen-bond donors (Lipinski definition) is 1. The van der Waals surface area contributed by atoms with E-state index in [0.717, 1.165) is 16.5 Å². The molecule has 1 N–H and O–H groups in total. The maximum absolute atomic E-state index is 13.3. The largest absolute Gasteiger partial charge is 0.317 e. The fourth-order valence-corrected chi connectivity index (χ4v) is 3.40. The number of hydrogen-bond acceptors (Lipinski definition) is 1. The summed E-state index contributed by atoms with van der Waals surface area (Å²) < 4.78 is 14.4. The molecule has 18 heavy (non-hydrogen) atoms. The second kappa shape index (κ2) is 6.67. The van der Waals surface area contributed by atoms with Crippen molar-refractivity contribution in [2.75, 3.05) is 7.05 Å². The highest BCUT2D eigenvalue weighted by Crippen LogP contribution is 2.29. The van der Waals surface area contributed by atoms with Gasteiger partial charge in [-0.05, 0) is 56.0 Å². The zero-order valence-corrected chi connectivity index (χ0v) is 12.5. The van der Waals surface area contributed by atoms with E-state index in [9.17, 15) is 4.39 Å². The van der Waals surface area contributed by atoms with Gasteiger partial charge in [0.25, 0.3) is 0 Å². The van der Waals surface area contributed by atoms with Crippen LogP contribution in [0.3, 0.4) is 0 Å². The Morgan fingerprint density at radius 1 is 1.28 bits per heavy atom. The molecule has 1 aromatic carbocycles. The summed E-state index contributed by atoms with van der Waals surface area (Å²) in [7, 11) is 2.05. The van der Waals surface area contributed by atoms with Gasteiger partial charge in [-0.3, -0.25) is 0 Å². The molecule has 0 saturated heterocycles. The Hall–Kier alpha value is -0.410. The topological polar surface area (TPSA) is 12.0 Å². The van der Waals surface area contributed by atoms with Crippen LogP contribution in [0.25, 0.3) is 0 Å². The molecule has 1 saturated carbocycles.